The minimum Gasteiger partial charge on any atom is -0.495 e. The minimum atomic E-state index is 0.562. The summed E-state index contributed by atoms with van der Waals surface area (Å²) < 4.78 is 5.36. The maximum Gasteiger partial charge on any atom is 0.142 e. The zero-order valence-electron chi connectivity index (χ0n) is 10.5. The van der Waals surface area contributed by atoms with Crippen molar-refractivity contribution >= 4 is 17.3 Å². The van der Waals surface area contributed by atoms with Gasteiger partial charge in [-0.3, -0.25) is 0 Å². The molecule has 0 heterocycles. The first-order chi connectivity index (χ1) is 8.24. The fourth-order valence-corrected chi connectivity index (χ4v) is 2.88. The highest BCUT2D eigenvalue weighted by atomic mass is 35.5. The molecule has 0 bridgehead atoms. The molecule has 0 aromatic heterocycles. The lowest BCUT2D eigenvalue weighted by Crippen LogP contribution is -2.23. The third kappa shape index (κ3) is 2.86. The van der Waals surface area contributed by atoms with Gasteiger partial charge in [-0.2, -0.15) is 0 Å². The van der Waals surface area contributed by atoms with E-state index in [1.807, 2.05) is 18.2 Å². The fraction of sp³-hybridized carbons (Fsp3) is 0.571. The second-order valence-electron chi connectivity index (χ2n) is 4.69. The molecule has 2 rings (SSSR count). The topological polar surface area (TPSA) is 21.3 Å². The second-order valence-corrected chi connectivity index (χ2v) is 5.13. The van der Waals surface area contributed by atoms with Crippen LogP contribution in [0.1, 0.15) is 32.6 Å². The molecule has 0 spiro atoms. The maximum atomic E-state index is 6.03. The number of halogens is 1. The van der Waals surface area contributed by atoms with Crippen LogP contribution in [0.5, 0.6) is 5.75 Å². The zero-order valence-corrected chi connectivity index (χ0v) is 11.3. The van der Waals surface area contributed by atoms with Gasteiger partial charge in [0.1, 0.15) is 5.75 Å². The van der Waals surface area contributed by atoms with Gasteiger partial charge in [0.15, 0.2) is 0 Å². The number of benzene rings is 1. The summed E-state index contributed by atoms with van der Waals surface area (Å²) in [5.41, 5.74) is 1.02. The van der Waals surface area contributed by atoms with Gasteiger partial charge in [-0.25, -0.2) is 0 Å². The van der Waals surface area contributed by atoms with E-state index in [-0.39, 0.29) is 0 Å². The Bertz CT molecular complexity index is 380. The monoisotopic (exact) mass is 253 g/mol. The van der Waals surface area contributed by atoms with Gasteiger partial charge in [0, 0.05) is 11.1 Å². The van der Waals surface area contributed by atoms with Crippen molar-refractivity contribution in [1.29, 1.82) is 0 Å². The summed E-state index contributed by atoms with van der Waals surface area (Å²) in [6.45, 7) is 2.26. The molecule has 1 aliphatic rings. The zero-order chi connectivity index (χ0) is 12.3. The summed E-state index contributed by atoms with van der Waals surface area (Å²) >= 11 is 6.03. The van der Waals surface area contributed by atoms with E-state index in [1.165, 1.54) is 25.7 Å². The lowest BCUT2D eigenvalue weighted by atomic mass is 10.0. The van der Waals surface area contributed by atoms with Gasteiger partial charge in [-0.05, 0) is 37.0 Å². The molecule has 1 aromatic rings. The van der Waals surface area contributed by atoms with Gasteiger partial charge in [-0.15, -0.1) is 0 Å². The first kappa shape index (κ1) is 12.6. The van der Waals surface area contributed by atoms with Crippen molar-refractivity contribution < 1.29 is 4.74 Å². The molecule has 2 atom stereocenters. The first-order valence-electron chi connectivity index (χ1n) is 6.34. The molecular weight excluding hydrogens is 234 g/mol. The molecule has 2 nitrogen and oxygen atoms in total. The van der Waals surface area contributed by atoms with Crippen LogP contribution in [0.15, 0.2) is 18.2 Å². The minimum absolute atomic E-state index is 0.562. The van der Waals surface area contributed by atoms with Crippen LogP contribution in [0.2, 0.25) is 5.02 Å². The predicted octanol–water partition coefficient (Wildman–Crippen LogP) is 4.34. The van der Waals surface area contributed by atoms with Crippen molar-refractivity contribution in [3.63, 3.8) is 0 Å². The molecule has 1 aliphatic carbocycles. The molecule has 2 unspecified atom stereocenters. The SMILES string of the molecule is CCC1CCCC1Nc1cc(Cl)ccc1OC. The van der Waals surface area contributed by atoms with Crippen LogP contribution in [0.3, 0.4) is 0 Å². The van der Waals surface area contributed by atoms with Crippen LogP contribution in [-0.4, -0.2) is 13.2 Å². The molecule has 1 saturated carbocycles. The molecule has 1 aromatic carbocycles. The molecule has 1 N–H and O–H groups in total. The number of rotatable bonds is 4. The molecule has 94 valence electrons. The standard InChI is InChI=1S/C14H20ClNO/c1-3-10-5-4-6-12(10)16-13-9-11(15)7-8-14(13)17-2/h7-10,12,16H,3-6H2,1-2H3. The number of hydrogen-bond donors (Lipinski definition) is 1. The Hall–Kier alpha value is -0.890. The van der Waals surface area contributed by atoms with E-state index in [0.717, 1.165) is 22.4 Å². The lowest BCUT2D eigenvalue weighted by Gasteiger charge is -2.22. The van der Waals surface area contributed by atoms with Gasteiger partial charge in [0.05, 0.1) is 12.8 Å². The third-order valence-electron chi connectivity index (χ3n) is 3.69. The smallest absolute Gasteiger partial charge is 0.142 e. The van der Waals surface area contributed by atoms with Crippen LogP contribution < -0.4 is 10.1 Å². The molecule has 0 aliphatic heterocycles. The summed E-state index contributed by atoms with van der Waals surface area (Å²) in [5, 5.41) is 4.34. The number of hydrogen-bond acceptors (Lipinski definition) is 2. The first-order valence-corrected chi connectivity index (χ1v) is 6.72. The fourth-order valence-electron chi connectivity index (χ4n) is 2.71. The summed E-state index contributed by atoms with van der Waals surface area (Å²) in [7, 11) is 1.69. The Morgan fingerprint density at radius 2 is 2.24 bits per heavy atom. The highest BCUT2D eigenvalue weighted by molar-refractivity contribution is 6.30. The Balaban J connectivity index is 2.14. The Kier molecular flexibility index (Phi) is 4.16. The van der Waals surface area contributed by atoms with E-state index in [9.17, 15) is 0 Å². The molecule has 3 heteroatoms. The number of nitrogens with one attached hydrogen (secondary N) is 1. The number of ether oxygens (including phenoxy) is 1. The molecule has 0 radical (unpaired) electrons. The van der Waals surface area contributed by atoms with Gasteiger partial charge >= 0.3 is 0 Å². The van der Waals surface area contributed by atoms with Crippen molar-refractivity contribution in [2.24, 2.45) is 5.92 Å². The average Bonchev–Trinajstić information content (AvgIpc) is 2.77. The second kappa shape index (κ2) is 5.63. The third-order valence-corrected chi connectivity index (χ3v) is 3.92. The molecular formula is C14H20ClNO. The van der Waals surface area contributed by atoms with E-state index in [4.69, 9.17) is 16.3 Å². The molecule has 1 fully saturated rings. The van der Waals surface area contributed by atoms with E-state index in [0.29, 0.717) is 6.04 Å². The summed E-state index contributed by atoms with van der Waals surface area (Å²) in [4.78, 5) is 0. The number of anilines is 1. The van der Waals surface area contributed by atoms with Gasteiger partial charge in [0.2, 0.25) is 0 Å². The Labute approximate surface area is 108 Å². The lowest BCUT2D eigenvalue weighted by molar-refractivity contribution is 0.414. The predicted molar refractivity (Wildman–Crippen MR) is 73.0 cm³/mol. The van der Waals surface area contributed by atoms with Crippen molar-refractivity contribution in [3.05, 3.63) is 23.2 Å². The maximum absolute atomic E-state index is 6.03. The molecule has 0 amide bonds. The molecule has 0 saturated heterocycles. The van der Waals surface area contributed by atoms with Crippen LogP contribution >= 0.6 is 11.6 Å². The van der Waals surface area contributed by atoms with Gasteiger partial charge in [-0.1, -0.05) is 31.4 Å². The number of methoxy groups -OCH3 is 1. The van der Waals surface area contributed by atoms with Gasteiger partial charge in [0.25, 0.3) is 0 Å². The van der Waals surface area contributed by atoms with Crippen molar-refractivity contribution in [1.82, 2.24) is 0 Å². The van der Waals surface area contributed by atoms with Crippen molar-refractivity contribution in [2.75, 3.05) is 12.4 Å². The Morgan fingerprint density at radius 1 is 1.41 bits per heavy atom. The highest BCUT2D eigenvalue weighted by Gasteiger charge is 2.26. The van der Waals surface area contributed by atoms with E-state index >= 15 is 0 Å². The van der Waals surface area contributed by atoms with Crippen LogP contribution in [0.4, 0.5) is 5.69 Å². The molecule has 17 heavy (non-hydrogen) atoms. The van der Waals surface area contributed by atoms with E-state index in [1.54, 1.807) is 7.11 Å². The van der Waals surface area contributed by atoms with Crippen molar-refractivity contribution in [3.8, 4) is 5.75 Å². The highest BCUT2D eigenvalue weighted by Crippen LogP contribution is 2.34. The van der Waals surface area contributed by atoms with Crippen molar-refractivity contribution in [2.45, 2.75) is 38.6 Å². The average molecular weight is 254 g/mol. The van der Waals surface area contributed by atoms with E-state index in [2.05, 4.69) is 12.2 Å². The Morgan fingerprint density at radius 3 is 2.94 bits per heavy atom. The normalized spacial score (nSPS) is 23.7. The van der Waals surface area contributed by atoms with E-state index < -0.39 is 0 Å². The largest absolute Gasteiger partial charge is 0.495 e. The van der Waals surface area contributed by atoms with Crippen LogP contribution in [0.25, 0.3) is 0 Å². The summed E-state index contributed by atoms with van der Waals surface area (Å²) in [6.07, 6.45) is 5.13. The quantitative estimate of drug-likeness (QED) is 0.862. The summed E-state index contributed by atoms with van der Waals surface area (Å²) in [6, 6.07) is 6.29. The van der Waals surface area contributed by atoms with Gasteiger partial charge < -0.3 is 10.1 Å². The van der Waals surface area contributed by atoms with Crippen LogP contribution in [0, 0.1) is 5.92 Å². The summed E-state index contributed by atoms with van der Waals surface area (Å²) in [5.74, 6) is 1.65. The van der Waals surface area contributed by atoms with Crippen LogP contribution in [-0.2, 0) is 0 Å².